The van der Waals surface area contributed by atoms with Crippen LogP contribution in [-0.4, -0.2) is 62.6 Å². The topological polar surface area (TPSA) is 90.2 Å². The summed E-state index contributed by atoms with van der Waals surface area (Å²) in [6, 6.07) is 0. The number of rotatable bonds is 9. The fourth-order valence-corrected chi connectivity index (χ4v) is 3.47. The Kier molecular flexibility index (Phi) is 9.08. The second kappa shape index (κ2) is 9.97. The van der Waals surface area contributed by atoms with Gasteiger partial charge in [0.1, 0.15) is 29.9 Å². The highest BCUT2D eigenvalue weighted by atomic mass is 32.2. The summed E-state index contributed by atoms with van der Waals surface area (Å²) in [6.45, 7) is 1.83. The number of hydrogen-bond donors (Lipinski definition) is 4. The smallest absolute Gasteiger partial charge is 0.132 e. The van der Waals surface area contributed by atoms with E-state index in [4.69, 9.17) is 9.84 Å². The van der Waals surface area contributed by atoms with Gasteiger partial charge in [-0.05, 0) is 12.2 Å². The minimum Gasteiger partial charge on any atom is -0.394 e. The summed E-state index contributed by atoms with van der Waals surface area (Å²) < 4.78 is 5.43. The van der Waals surface area contributed by atoms with Crippen molar-refractivity contribution in [1.82, 2.24) is 0 Å². The molecule has 0 spiro atoms. The summed E-state index contributed by atoms with van der Waals surface area (Å²) in [4.78, 5) is 0. The van der Waals surface area contributed by atoms with Gasteiger partial charge < -0.3 is 25.2 Å². The molecule has 0 aromatic carbocycles. The van der Waals surface area contributed by atoms with Crippen LogP contribution < -0.4 is 0 Å². The van der Waals surface area contributed by atoms with Gasteiger partial charge in [-0.2, -0.15) is 0 Å². The molecule has 1 fully saturated rings. The largest absolute Gasteiger partial charge is 0.394 e. The van der Waals surface area contributed by atoms with Crippen molar-refractivity contribution in [1.29, 1.82) is 0 Å². The Morgan fingerprint density at radius 3 is 2.20 bits per heavy atom. The van der Waals surface area contributed by atoms with Crippen molar-refractivity contribution < 1.29 is 25.2 Å². The van der Waals surface area contributed by atoms with Crippen LogP contribution in [0.3, 0.4) is 0 Å². The summed E-state index contributed by atoms with van der Waals surface area (Å²) in [5.74, 6) is 0.842. The highest BCUT2D eigenvalue weighted by molar-refractivity contribution is 7.99. The lowest BCUT2D eigenvalue weighted by molar-refractivity contribution is -0.205. The van der Waals surface area contributed by atoms with Crippen LogP contribution in [0.5, 0.6) is 0 Å². The van der Waals surface area contributed by atoms with Gasteiger partial charge in [0, 0.05) is 0 Å². The minimum absolute atomic E-state index is 0.362. The lowest BCUT2D eigenvalue weighted by Crippen LogP contribution is -2.57. The molecule has 0 radical (unpaired) electrons. The van der Waals surface area contributed by atoms with Gasteiger partial charge in [0.25, 0.3) is 0 Å². The van der Waals surface area contributed by atoms with Crippen LogP contribution in [0.1, 0.15) is 45.4 Å². The zero-order valence-electron chi connectivity index (χ0n) is 12.1. The van der Waals surface area contributed by atoms with Crippen molar-refractivity contribution >= 4 is 11.8 Å². The van der Waals surface area contributed by atoms with E-state index in [1.165, 1.54) is 37.4 Å². The number of unbranched alkanes of at least 4 members (excludes halogenated alkanes) is 5. The maximum absolute atomic E-state index is 9.86. The first kappa shape index (κ1) is 18.2. The van der Waals surface area contributed by atoms with Crippen LogP contribution in [0.15, 0.2) is 0 Å². The number of ether oxygens (including phenoxy) is 1. The molecule has 5 nitrogen and oxygen atoms in total. The third kappa shape index (κ3) is 5.50. The lowest BCUT2D eigenvalue weighted by Gasteiger charge is -2.39. The zero-order chi connectivity index (χ0) is 15.0. The lowest BCUT2D eigenvalue weighted by atomic mass is 10.0. The molecule has 1 aliphatic heterocycles. The Hall–Kier alpha value is 0.150. The van der Waals surface area contributed by atoms with Crippen molar-refractivity contribution in [2.75, 3.05) is 12.4 Å². The van der Waals surface area contributed by atoms with E-state index in [0.29, 0.717) is 0 Å². The van der Waals surface area contributed by atoms with Gasteiger partial charge >= 0.3 is 0 Å². The van der Waals surface area contributed by atoms with Crippen LogP contribution in [0.2, 0.25) is 0 Å². The van der Waals surface area contributed by atoms with Gasteiger partial charge in [0.2, 0.25) is 0 Å². The van der Waals surface area contributed by atoms with Gasteiger partial charge in [-0.25, -0.2) is 0 Å². The van der Waals surface area contributed by atoms with Crippen molar-refractivity contribution in [2.45, 2.75) is 75.3 Å². The predicted molar refractivity (Wildman–Crippen MR) is 79.6 cm³/mol. The van der Waals surface area contributed by atoms with E-state index in [1.807, 2.05) is 0 Å². The van der Waals surface area contributed by atoms with E-state index >= 15 is 0 Å². The first-order chi connectivity index (χ1) is 9.61. The average molecular weight is 308 g/mol. The molecule has 120 valence electrons. The van der Waals surface area contributed by atoms with Crippen LogP contribution in [0, 0.1) is 0 Å². The van der Waals surface area contributed by atoms with Crippen molar-refractivity contribution in [2.24, 2.45) is 0 Å². The predicted octanol–water partition coefficient (Wildman–Crippen LogP) is 0.880. The quantitative estimate of drug-likeness (QED) is 0.473. The Balaban J connectivity index is 2.21. The fraction of sp³-hybridized carbons (Fsp3) is 1.00. The summed E-state index contributed by atoms with van der Waals surface area (Å²) in [5, 5.41) is 38.3. The summed E-state index contributed by atoms with van der Waals surface area (Å²) in [7, 11) is 0. The Bertz CT molecular complexity index is 252. The van der Waals surface area contributed by atoms with Gasteiger partial charge in [0.15, 0.2) is 0 Å². The van der Waals surface area contributed by atoms with Crippen LogP contribution in [0.4, 0.5) is 0 Å². The van der Waals surface area contributed by atoms with E-state index in [9.17, 15) is 15.3 Å². The molecule has 1 saturated heterocycles. The molecule has 0 bridgehead atoms. The third-order valence-electron chi connectivity index (χ3n) is 3.63. The number of thioether (sulfide) groups is 1. The normalized spacial score (nSPS) is 34.4. The van der Waals surface area contributed by atoms with Crippen LogP contribution in [0.25, 0.3) is 0 Å². The SMILES string of the molecule is CCCCCCCCS[C@@H]1O[C@@H](CO)[C@@H](O)[C@H](O)[C@@H]1O. The molecule has 0 saturated carbocycles. The van der Waals surface area contributed by atoms with E-state index in [-0.39, 0.29) is 6.61 Å². The molecule has 1 rings (SSSR count). The van der Waals surface area contributed by atoms with E-state index in [0.717, 1.165) is 18.6 Å². The molecule has 0 aromatic rings. The van der Waals surface area contributed by atoms with Gasteiger partial charge in [-0.1, -0.05) is 39.0 Å². The Labute approximate surface area is 125 Å². The summed E-state index contributed by atoms with van der Waals surface area (Å²) in [6.07, 6.45) is 2.77. The maximum atomic E-state index is 9.86. The van der Waals surface area contributed by atoms with Gasteiger partial charge in [-0.3, -0.25) is 0 Å². The first-order valence-corrected chi connectivity index (χ1v) is 8.58. The third-order valence-corrected chi connectivity index (χ3v) is 4.87. The zero-order valence-corrected chi connectivity index (χ0v) is 13.0. The fourth-order valence-electron chi connectivity index (χ4n) is 2.29. The minimum atomic E-state index is -1.26. The highest BCUT2D eigenvalue weighted by Gasteiger charge is 2.43. The van der Waals surface area contributed by atoms with Gasteiger partial charge in [-0.15, -0.1) is 11.8 Å². The molecule has 1 aliphatic rings. The standard InChI is InChI=1S/C14H28O5S/c1-2-3-4-5-6-7-8-20-14-13(18)12(17)11(16)10(9-15)19-14/h10-18H,2-9H2,1H3/t10-,11+,12-,13-,14-/m0/s1. The second-order valence-electron chi connectivity index (χ2n) is 5.34. The molecule has 0 aromatic heterocycles. The molecular formula is C14H28O5S. The highest BCUT2D eigenvalue weighted by Crippen LogP contribution is 2.29. The van der Waals surface area contributed by atoms with Gasteiger partial charge in [0.05, 0.1) is 6.61 Å². The first-order valence-electron chi connectivity index (χ1n) is 7.54. The molecule has 5 atom stereocenters. The molecule has 20 heavy (non-hydrogen) atoms. The van der Waals surface area contributed by atoms with Crippen molar-refractivity contribution in [3.05, 3.63) is 0 Å². The average Bonchev–Trinajstić information content (AvgIpc) is 2.46. The van der Waals surface area contributed by atoms with E-state index < -0.39 is 29.9 Å². The molecular weight excluding hydrogens is 280 g/mol. The summed E-state index contributed by atoms with van der Waals surface area (Å²) in [5.41, 5.74) is -0.582. The van der Waals surface area contributed by atoms with E-state index in [1.54, 1.807) is 0 Å². The Morgan fingerprint density at radius 2 is 1.55 bits per heavy atom. The number of hydrogen-bond acceptors (Lipinski definition) is 6. The molecule has 0 amide bonds. The molecule has 1 heterocycles. The molecule has 4 N–H and O–H groups in total. The molecule has 0 unspecified atom stereocenters. The van der Waals surface area contributed by atoms with Crippen LogP contribution >= 0.6 is 11.8 Å². The molecule has 0 aliphatic carbocycles. The Morgan fingerprint density at radius 1 is 0.900 bits per heavy atom. The van der Waals surface area contributed by atoms with Crippen LogP contribution in [-0.2, 0) is 4.74 Å². The second-order valence-corrected chi connectivity index (χ2v) is 6.54. The monoisotopic (exact) mass is 308 g/mol. The maximum Gasteiger partial charge on any atom is 0.132 e. The van der Waals surface area contributed by atoms with Crippen molar-refractivity contribution in [3.63, 3.8) is 0 Å². The molecule has 6 heteroatoms. The van der Waals surface area contributed by atoms with E-state index in [2.05, 4.69) is 6.92 Å². The summed E-state index contributed by atoms with van der Waals surface area (Å²) >= 11 is 1.44. The number of aliphatic hydroxyl groups excluding tert-OH is 4. The van der Waals surface area contributed by atoms with Crippen molar-refractivity contribution in [3.8, 4) is 0 Å². The number of aliphatic hydroxyl groups is 4.